The molecule has 0 bridgehead atoms. The molecule has 0 aromatic heterocycles. The van der Waals surface area contributed by atoms with Crippen LogP contribution in [0.5, 0.6) is 5.75 Å². The summed E-state index contributed by atoms with van der Waals surface area (Å²) in [7, 11) is 1.78. The van der Waals surface area contributed by atoms with Crippen LogP contribution in [-0.2, 0) is 4.79 Å². The second kappa shape index (κ2) is 5.37. The Labute approximate surface area is 123 Å². The minimum atomic E-state index is -0.640. The van der Waals surface area contributed by atoms with Crippen LogP contribution in [0.1, 0.15) is 25.0 Å². The molecule has 1 heterocycles. The third kappa shape index (κ3) is 2.47. The molecule has 1 aliphatic heterocycles. The van der Waals surface area contributed by atoms with Gasteiger partial charge in [0, 0.05) is 31.0 Å². The van der Waals surface area contributed by atoms with E-state index in [9.17, 15) is 9.90 Å². The number of likely N-dealkylation sites (tertiary alicyclic amines) is 1. The molecule has 0 spiro atoms. The van der Waals surface area contributed by atoms with E-state index in [1.807, 2.05) is 36.4 Å². The van der Waals surface area contributed by atoms with Crippen molar-refractivity contribution >= 4 is 16.7 Å². The zero-order valence-corrected chi connectivity index (χ0v) is 12.2. The first-order valence-corrected chi connectivity index (χ1v) is 7.19. The van der Waals surface area contributed by atoms with Gasteiger partial charge in [0.1, 0.15) is 5.75 Å². The number of rotatable bonds is 3. The van der Waals surface area contributed by atoms with E-state index in [1.165, 1.54) is 0 Å². The molecule has 1 amide bonds. The van der Waals surface area contributed by atoms with E-state index in [-0.39, 0.29) is 5.91 Å². The van der Waals surface area contributed by atoms with Crippen molar-refractivity contribution in [1.29, 1.82) is 0 Å². The maximum atomic E-state index is 12.1. The smallest absolute Gasteiger partial charge is 0.263 e. The van der Waals surface area contributed by atoms with Crippen LogP contribution in [0.3, 0.4) is 0 Å². The molecule has 2 atom stereocenters. The number of benzene rings is 2. The highest BCUT2D eigenvalue weighted by molar-refractivity contribution is 5.90. The lowest BCUT2D eigenvalue weighted by Gasteiger charge is -2.19. The Hall–Kier alpha value is -2.07. The van der Waals surface area contributed by atoms with Gasteiger partial charge in [0.25, 0.3) is 5.91 Å². The number of hydrogen-bond donors (Lipinski definition) is 1. The highest BCUT2D eigenvalue weighted by Crippen LogP contribution is 2.35. The van der Waals surface area contributed by atoms with E-state index in [0.29, 0.717) is 18.7 Å². The molecule has 0 radical (unpaired) electrons. The molecule has 4 heteroatoms. The summed E-state index contributed by atoms with van der Waals surface area (Å²) in [5.74, 6) is 0.622. The highest BCUT2D eigenvalue weighted by Gasteiger charge is 2.32. The number of likely N-dealkylation sites (N-methyl/N-ethyl adjacent to an activating group) is 1. The molecular weight excluding hydrogens is 266 g/mol. The zero-order valence-electron chi connectivity index (χ0n) is 12.2. The zero-order chi connectivity index (χ0) is 15.0. The fourth-order valence-corrected chi connectivity index (χ4v) is 2.76. The van der Waals surface area contributed by atoms with Crippen molar-refractivity contribution in [2.45, 2.75) is 25.6 Å². The lowest BCUT2D eigenvalue weighted by atomic mass is 10.0. The van der Waals surface area contributed by atoms with Crippen LogP contribution in [0.4, 0.5) is 0 Å². The van der Waals surface area contributed by atoms with E-state index in [0.717, 1.165) is 16.3 Å². The van der Waals surface area contributed by atoms with Crippen molar-refractivity contribution in [3.05, 3.63) is 42.0 Å². The molecular formula is C17H19NO3. The van der Waals surface area contributed by atoms with Crippen LogP contribution in [0.25, 0.3) is 10.8 Å². The lowest BCUT2D eigenvalue weighted by Crippen LogP contribution is -2.29. The normalized spacial score (nSPS) is 20.0. The number of amides is 1. The van der Waals surface area contributed by atoms with Crippen molar-refractivity contribution in [1.82, 2.24) is 4.90 Å². The van der Waals surface area contributed by atoms with Crippen molar-refractivity contribution in [3.63, 3.8) is 0 Å². The standard InChI is InChI=1S/C17H19NO3/c1-11(19)13-8-7-12-5-3-4-6-14(12)16(13)21-15-9-10-18(2)17(15)20/h3-8,11,15,19H,9-10H2,1-2H3/t11-,15?/m0/s1. The predicted octanol–water partition coefficient (Wildman–Crippen LogP) is 2.50. The van der Waals surface area contributed by atoms with Gasteiger partial charge in [-0.1, -0.05) is 36.4 Å². The molecule has 1 saturated heterocycles. The van der Waals surface area contributed by atoms with Gasteiger partial charge < -0.3 is 14.7 Å². The van der Waals surface area contributed by atoms with Crippen LogP contribution >= 0.6 is 0 Å². The number of carbonyl (C=O) groups excluding carboxylic acids is 1. The average Bonchev–Trinajstić information content (AvgIpc) is 2.79. The summed E-state index contributed by atoms with van der Waals surface area (Å²) in [5.41, 5.74) is 0.719. The van der Waals surface area contributed by atoms with Crippen LogP contribution in [0.15, 0.2) is 36.4 Å². The number of aliphatic hydroxyl groups excluding tert-OH is 1. The summed E-state index contributed by atoms with van der Waals surface area (Å²) >= 11 is 0. The van der Waals surface area contributed by atoms with Crippen LogP contribution in [0, 0.1) is 0 Å². The van der Waals surface area contributed by atoms with Crippen molar-refractivity contribution in [2.75, 3.05) is 13.6 Å². The lowest BCUT2D eigenvalue weighted by molar-refractivity contribution is -0.132. The summed E-state index contributed by atoms with van der Waals surface area (Å²) in [6, 6.07) is 11.7. The van der Waals surface area contributed by atoms with Gasteiger partial charge >= 0.3 is 0 Å². The minimum Gasteiger partial charge on any atom is -0.479 e. The van der Waals surface area contributed by atoms with E-state index in [2.05, 4.69) is 0 Å². The van der Waals surface area contributed by atoms with Crippen molar-refractivity contribution in [3.8, 4) is 5.75 Å². The molecule has 4 nitrogen and oxygen atoms in total. The highest BCUT2D eigenvalue weighted by atomic mass is 16.5. The maximum absolute atomic E-state index is 12.1. The van der Waals surface area contributed by atoms with E-state index < -0.39 is 12.2 Å². The molecule has 1 unspecified atom stereocenters. The largest absolute Gasteiger partial charge is 0.479 e. The van der Waals surface area contributed by atoms with Gasteiger partial charge in [0.05, 0.1) is 6.10 Å². The Morgan fingerprint density at radius 1 is 1.29 bits per heavy atom. The van der Waals surface area contributed by atoms with Crippen LogP contribution in [0.2, 0.25) is 0 Å². The van der Waals surface area contributed by atoms with Gasteiger partial charge in [-0.05, 0) is 12.3 Å². The molecule has 2 aromatic rings. The quantitative estimate of drug-likeness (QED) is 0.942. The second-order valence-electron chi connectivity index (χ2n) is 5.54. The van der Waals surface area contributed by atoms with Gasteiger partial charge in [-0.3, -0.25) is 4.79 Å². The average molecular weight is 285 g/mol. The van der Waals surface area contributed by atoms with Gasteiger partial charge in [0.2, 0.25) is 0 Å². The Kier molecular flexibility index (Phi) is 3.55. The number of hydrogen-bond acceptors (Lipinski definition) is 3. The first-order valence-electron chi connectivity index (χ1n) is 7.19. The number of aliphatic hydroxyl groups is 1. The Bertz CT molecular complexity index is 681. The first kappa shape index (κ1) is 13.9. The summed E-state index contributed by atoms with van der Waals surface area (Å²) in [6.45, 7) is 2.41. The van der Waals surface area contributed by atoms with E-state index in [4.69, 9.17) is 4.74 Å². The van der Waals surface area contributed by atoms with Crippen molar-refractivity contribution in [2.24, 2.45) is 0 Å². The van der Waals surface area contributed by atoms with Gasteiger partial charge in [0.15, 0.2) is 6.10 Å². The number of carbonyl (C=O) groups is 1. The number of fused-ring (bicyclic) bond motifs is 1. The number of ether oxygens (including phenoxy) is 1. The van der Waals surface area contributed by atoms with Gasteiger partial charge in [-0.2, -0.15) is 0 Å². The fourth-order valence-electron chi connectivity index (χ4n) is 2.76. The number of nitrogens with zero attached hydrogens (tertiary/aromatic N) is 1. The monoisotopic (exact) mass is 285 g/mol. The van der Waals surface area contributed by atoms with Crippen LogP contribution < -0.4 is 4.74 Å². The molecule has 0 saturated carbocycles. The molecule has 1 fully saturated rings. The van der Waals surface area contributed by atoms with Gasteiger partial charge in [-0.15, -0.1) is 0 Å². The fraction of sp³-hybridized carbons (Fsp3) is 0.353. The molecule has 3 rings (SSSR count). The SMILES string of the molecule is C[C@H](O)c1ccc2ccccc2c1OC1CCN(C)C1=O. The molecule has 1 aliphatic rings. The second-order valence-corrected chi connectivity index (χ2v) is 5.54. The molecule has 2 aromatic carbocycles. The third-order valence-corrected chi connectivity index (χ3v) is 4.00. The van der Waals surface area contributed by atoms with Gasteiger partial charge in [-0.25, -0.2) is 0 Å². The Morgan fingerprint density at radius 2 is 2.05 bits per heavy atom. The topological polar surface area (TPSA) is 49.8 Å². The summed E-state index contributed by atoms with van der Waals surface area (Å²) in [5, 5.41) is 11.9. The van der Waals surface area contributed by atoms with E-state index in [1.54, 1.807) is 18.9 Å². The van der Waals surface area contributed by atoms with Crippen LogP contribution in [-0.4, -0.2) is 35.6 Å². The minimum absolute atomic E-state index is 0.000484. The predicted molar refractivity (Wildman–Crippen MR) is 81.3 cm³/mol. The Morgan fingerprint density at radius 3 is 2.71 bits per heavy atom. The molecule has 21 heavy (non-hydrogen) atoms. The molecule has 0 aliphatic carbocycles. The molecule has 1 N–H and O–H groups in total. The first-order chi connectivity index (χ1) is 10.1. The third-order valence-electron chi connectivity index (χ3n) is 4.00. The maximum Gasteiger partial charge on any atom is 0.263 e. The van der Waals surface area contributed by atoms with E-state index >= 15 is 0 Å². The Balaban J connectivity index is 2.06. The summed E-state index contributed by atoms with van der Waals surface area (Å²) in [6.07, 6.45) is -0.421. The molecule has 110 valence electrons. The summed E-state index contributed by atoms with van der Waals surface area (Å²) in [4.78, 5) is 13.7. The summed E-state index contributed by atoms with van der Waals surface area (Å²) < 4.78 is 6.01. The van der Waals surface area contributed by atoms with Crippen molar-refractivity contribution < 1.29 is 14.6 Å².